The van der Waals surface area contributed by atoms with Gasteiger partial charge in [0.25, 0.3) is 0 Å². The second-order valence-corrected chi connectivity index (χ2v) is 3.54. The van der Waals surface area contributed by atoms with E-state index in [0.717, 1.165) is 13.0 Å². The second-order valence-electron chi connectivity index (χ2n) is 3.54. The average Bonchev–Trinajstić information content (AvgIpc) is 2.96. The van der Waals surface area contributed by atoms with Crippen LogP contribution in [-0.4, -0.2) is 25.2 Å². The maximum absolute atomic E-state index is 11.1. The largest absolute Gasteiger partial charge is 0.453 e. The predicted molar refractivity (Wildman–Crippen MR) is 54.4 cm³/mol. The van der Waals surface area contributed by atoms with Crippen LogP contribution in [0.1, 0.15) is 22.7 Å². The number of carbonyl (C=O) groups excluding carboxylic acids is 1. The number of ether oxygens (including phenoxy) is 2. The molecule has 1 aliphatic rings. The molecular weight excluding hydrogens is 212 g/mol. The summed E-state index contributed by atoms with van der Waals surface area (Å²) in [5.74, 6) is 5.32. The van der Waals surface area contributed by atoms with Crippen molar-refractivity contribution in [1.82, 2.24) is 5.43 Å². The molecule has 6 heteroatoms. The van der Waals surface area contributed by atoms with E-state index in [1.807, 2.05) is 5.43 Å². The SMILES string of the molecule is NNC(=O)c1ccc(COC2CCOC2)o1. The van der Waals surface area contributed by atoms with Gasteiger partial charge in [0.15, 0.2) is 5.76 Å². The smallest absolute Gasteiger partial charge is 0.300 e. The minimum Gasteiger partial charge on any atom is -0.453 e. The molecule has 1 atom stereocenters. The predicted octanol–water partition coefficient (Wildman–Crippen LogP) is 0.189. The Morgan fingerprint density at radius 2 is 2.50 bits per heavy atom. The van der Waals surface area contributed by atoms with Gasteiger partial charge in [-0.25, -0.2) is 5.84 Å². The molecule has 1 aliphatic heterocycles. The summed E-state index contributed by atoms with van der Waals surface area (Å²) in [5, 5.41) is 0. The zero-order valence-corrected chi connectivity index (χ0v) is 8.77. The molecule has 0 aromatic carbocycles. The third-order valence-corrected chi connectivity index (χ3v) is 2.37. The van der Waals surface area contributed by atoms with Gasteiger partial charge in [-0.2, -0.15) is 0 Å². The molecule has 1 aromatic heterocycles. The number of hydrogen-bond donors (Lipinski definition) is 2. The van der Waals surface area contributed by atoms with Crippen molar-refractivity contribution in [3.8, 4) is 0 Å². The van der Waals surface area contributed by atoms with Crippen LogP contribution in [-0.2, 0) is 16.1 Å². The Hall–Kier alpha value is -1.37. The summed E-state index contributed by atoms with van der Waals surface area (Å²) in [5.41, 5.74) is 2.00. The van der Waals surface area contributed by atoms with Crippen LogP contribution in [0, 0.1) is 0 Å². The van der Waals surface area contributed by atoms with Gasteiger partial charge in [-0.05, 0) is 18.6 Å². The number of nitrogens with one attached hydrogen (secondary N) is 1. The number of amides is 1. The molecule has 1 aromatic rings. The normalized spacial score (nSPS) is 19.9. The molecule has 2 heterocycles. The van der Waals surface area contributed by atoms with E-state index in [1.165, 1.54) is 0 Å². The lowest BCUT2D eigenvalue weighted by molar-refractivity contribution is 0.0230. The molecule has 1 amide bonds. The van der Waals surface area contributed by atoms with Crippen LogP contribution in [0.5, 0.6) is 0 Å². The summed E-state index contributed by atoms with van der Waals surface area (Å²) in [4.78, 5) is 11.1. The first kappa shape index (κ1) is 11.1. The molecular formula is C10H14N2O4. The number of rotatable bonds is 4. The standard InChI is InChI=1S/C10H14N2O4/c11-12-10(13)9-2-1-8(16-9)6-15-7-3-4-14-5-7/h1-2,7H,3-6,11H2,(H,12,13). The zero-order valence-electron chi connectivity index (χ0n) is 8.77. The van der Waals surface area contributed by atoms with E-state index in [4.69, 9.17) is 19.7 Å². The highest BCUT2D eigenvalue weighted by Crippen LogP contribution is 2.13. The van der Waals surface area contributed by atoms with E-state index in [2.05, 4.69) is 0 Å². The van der Waals surface area contributed by atoms with E-state index in [9.17, 15) is 4.79 Å². The van der Waals surface area contributed by atoms with Crippen LogP contribution >= 0.6 is 0 Å². The first-order valence-electron chi connectivity index (χ1n) is 5.08. The highest BCUT2D eigenvalue weighted by Gasteiger charge is 2.17. The maximum atomic E-state index is 11.1. The van der Waals surface area contributed by atoms with Crippen LogP contribution in [0.15, 0.2) is 16.5 Å². The summed E-state index contributed by atoms with van der Waals surface area (Å²) in [7, 11) is 0. The molecule has 0 spiro atoms. The van der Waals surface area contributed by atoms with E-state index in [-0.39, 0.29) is 11.9 Å². The Labute approximate surface area is 92.7 Å². The molecule has 0 radical (unpaired) electrons. The average molecular weight is 226 g/mol. The van der Waals surface area contributed by atoms with Crippen LogP contribution in [0.4, 0.5) is 0 Å². The first-order valence-corrected chi connectivity index (χ1v) is 5.08. The van der Waals surface area contributed by atoms with Crippen LogP contribution in [0.3, 0.4) is 0 Å². The zero-order chi connectivity index (χ0) is 11.4. The van der Waals surface area contributed by atoms with E-state index in [1.54, 1.807) is 12.1 Å². The minimum absolute atomic E-state index is 0.122. The van der Waals surface area contributed by atoms with Gasteiger partial charge in [-0.1, -0.05) is 0 Å². The Morgan fingerprint density at radius 1 is 1.62 bits per heavy atom. The topological polar surface area (TPSA) is 86.7 Å². The summed E-state index contributed by atoms with van der Waals surface area (Å²) >= 11 is 0. The lowest BCUT2D eigenvalue weighted by Crippen LogP contribution is -2.29. The van der Waals surface area contributed by atoms with Gasteiger partial charge < -0.3 is 13.9 Å². The molecule has 88 valence electrons. The van der Waals surface area contributed by atoms with Crippen LogP contribution in [0.25, 0.3) is 0 Å². The summed E-state index contributed by atoms with van der Waals surface area (Å²) in [6.07, 6.45) is 1.02. The van der Waals surface area contributed by atoms with Crippen molar-refractivity contribution in [2.75, 3.05) is 13.2 Å². The highest BCUT2D eigenvalue weighted by atomic mass is 16.5. The van der Waals surface area contributed by atoms with Gasteiger partial charge in [0.05, 0.1) is 12.7 Å². The van der Waals surface area contributed by atoms with Crippen molar-refractivity contribution < 1.29 is 18.7 Å². The lowest BCUT2D eigenvalue weighted by Gasteiger charge is -2.07. The van der Waals surface area contributed by atoms with Crippen molar-refractivity contribution in [1.29, 1.82) is 0 Å². The van der Waals surface area contributed by atoms with Crippen molar-refractivity contribution in [3.05, 3.63) is 23.7 Å². The molecule has 1 unspecified atom stereocenters. The Balaban J connectivity index is 1.85. The number of nitrogen functional groups attached to an aromatic ring is 1. The third kappa shape index (κ3) is 2.60. The van der Waals surface area contributed by atoms with E-state index in [0.29, 0.717) is 19.0 Å². The third-order valence-electron chi connectivity index (χ3n) is 2.37. The molecule has 16 heavy (non-hydrogen) atoms. The molecule has 0 saturated carbocycles. The van der Waals surface area contributed by atoms with Gasteiger partial charge >= 0.3 is 5.91 Å². The first-order chi connectivity index (χ1) is 7.79. The minimum atomic E-state index is -0.449. The molecule has 0 aliphatic carbocycles. The van der Waals surface area contributed by atoms with Crippen molar-refractivity contribution in [3.63, 3.8) is 0 Å². The van der Waals surface area contributed by atoms with Gasteiger partial charge in [-0.15, -0.1) is 0 Å². The molecule has 1 saturated heterocycles. The molecule has 6 nitrogen and oxygen atoms in total. The fourth-order valence-corrected chi connectivity index (χ4v) is 1.49. The lowest BCUT2D eigenvalue weighted by atomic mass is 10.3. The number of nitrogens with two attached hydrogens (primary N) is 1. The van der Waals surface area contributed by atoms with Gasteiger partial charge in [-0.3, -0.25) is 10.2 Å². The molecule has 0 bridgehead atoms. The van der Waals surface area contributed by atoms with Crippen LogP contribution in [0.2, 0.25) is 0 Å². The van der Waals surface area contributed by atoms with E-state index >= 15 is 0 Å². The number of hydrogen-bond acceptors (Lipinski definition) is 5. The van der Waals surface area contributed by atoms with Crippen LogP contribution < -0.4 is 11.3 Å². The maximum Gasteiger partial charge on any atom is 0.300 e. The Morgan fingerprint density at radius 3 is 3.19 bits per heavy atom. The summed E-state index contributed by atoms with van der Waals surface area (Å²) in [6.45, 7) is 1.70. The summed E-state index contributed by atoms with van der Waals surface area (Å²) < 4.78 is 15.9. The van der Waals surface area contributed by atoms with Crippen molar-refractivity contribution in [2.45, 2.75) is 19.1 Å². The number of hydrazine groups is 1. The fourth-order valence-electron chi connectivity index (χ4n) is 1.49. The molecule has 3 N–H and O–H groups in total. The van der Waals surface area contributed by atoms with Gasteiger partial charge in [0, 0.05) is 6.61 Å². The monoisotopic (exact) mass is 226 g/mol. The summed E-state index contributed by atoms with van der Waals surface area (Å²) in [6, 6.07) is 3.26. The van der Waals surface area contributed by atoms with Gasteiger partial charge in [0.2, 0.25) is 0 Å². The second kappa shape index (κ2) is 5.11. The molecule has 1 fully saturated rings. The number of furan rings is 1. The van der Waals surface area contributed by atoms with Crippen molar-refractivity contribution >= 4 is 5.91 Å². The highest BCUT2D eigenvalue weighted by molar-refractivity contribution is 5.90. The van der Waals surface area contributed by atoms with Gasteiger partial charge in [0.1, 0.15) is 12.4 Å². The number of carbonyl (C=O) groups is 1. The Kier molecular flexibility index (Phi) is 3.55. The van der Waals surface area contributed by atoms with E-state index < -0.39 is 5.91 Å². The van der Waals surface area contributed by atoms with Crippen molar-refractivity contribution in [2.24, 2.45) is 5.84 Å². The Bertz CT molecular complexity index is 357. The quantitative estimate of drug-likeness (QED) is 0.434. The fraction of sp³-hybridized carbons (Fsp3) is 0.500. The molecule has 2 rings (SSSR count).